The molecule has 108 valence electrons. The molecule has 0 saturated carbocycles. The Kier molecular flexibility index (Phi) is 4.57. The van der Waals surface area contributed by atoms with Gasteiger partial charge in [-0.1, -0.05) is 18.2 Å². The zero-order valence-electron chi connectivity index (χ0n) is 11.3. The summed E-state index contributed by atoms with van der Waals surface area (Å²) in [5.74, 6) is -0.525. The predicted octanol–water partition coefficient (Wildman–Crippen LogP) is 0.169. The molecule has 1 aliphatic rings. The molecule has 2 rings (SSSR count). The van der Waals surface area contributed by atoms with Gasteiger partial charge in [-0.3, -0.25) is 4.79 Å². The minimum Gasteiger partial charge on any atom is -0.488 e. The van der Waals surface area contributed by atoms with E-state index >= 15 is 0 Å². The third kappa shape index (κ3) is 3.71. The highest BCUT2D eigenvalue weighted by Gasteiger charge is 2.23. The molecule has 1 aromatic carbocycles. The summed E-state index contributed by atoms with van der Waals surface area (Å²) in [4.78, 5) is 21.9. The molecule has 0 aliphatic carbocycles. The number of benzene rings is 1. The van der Waals surface area contributed by atoms with Crippen molar-refractivity contribution in [2.45, 2.75) is 25.5 Å². The molecule has 2 atom stereocenters. The summed E-state index contributed by atoms with van der Waals surface area (Å²) < 4.78 is 5.73. The molecule has 3 N–H and O–H groups in total. The van der Waals surface area contributed by atoms with Crippen LogP contribution in [0.25, 0.3) is 0 Å². The smallest absolute Gasteiger partial charge is 0.327 e. The fourth-order valence-corrected chi connectivity index (χ4v) is 2.20. The van der Waals surface area contributed by atoms with Crippen molar-refractivity contribution in [3.05, 3.63) is 29.8 Å². The van der Waals surface area contributed by atoms with Gasteiger partial charge in [0, 0.05) is 26.4 Å². The first-order valence-corrected chi connectivity index (χ1v) is 6.51. The number of carboxylic acids is 1. The number of hydrogen-bond acceptors (Lipinski definition) is 4. The van der Waals surface area contributed by atoms with E-state index in [0.29, 0.717) is 6.54 Å². The SMILES string of the molecule is CC(=O)NC(CNCC1Cc2ccccc2O1)C(=O)O. The number of amides is 1. The van der Waals surface area contributed by atoms with Crippen LogP contribution in [0.15, 0.2) is 24.3 Å². The molecule has 0 radical (unpaired) electrons. The molecule has 20 heavy (non-hydrogen) atoms. The van der Waals surface area contributed by atoms with Crippen molar-refractivity contribution in [2.75, 3.05) is 13.1 Å². The number of carbonyl (C=O) groups is 2. The topological polar surface area (TPSA) is 87.7 Å². The van der Waals surface area contributed by atoms with Crippen LogP contribution >= 0.6 is 0 Å². The Morgan fingerprint density at radius 3 is 2.85 bits per heavy atom. The number of nitrogens with one attached hydrogen (secondary N) is 2. The average molecular weight is 278 g/mol. The number of hydrogen-bond donors (Lipinski definition) is 3. The third-order valence-electron chi connectivity index (χ3n) is 3.11. The van der Waals surface area contributed by atoms with Crippen molar-refractivity contribution in [1.29, 1.82) is 0 Å². The molecule has 6 heteroatoms. The molecule has 0 saturated heterocycles. The van der Waals surface area contributed by atoms with E-state index in [4.69, 9.17) is 9.84 Å². The van der Waals surface area contributed by atoms with Crippen LogP contribution in [0.1, 0.15) is 12.5 Å². The number of rotatable bonds is 6. The van der Waals surface area contributed by atoms with Crippen molar-refractivity contribution in [1.82, 2.24) is 10.6 Å². The van der Waals surface area contributed by atoms with Crippen LogP contribution in [-0.4, -0.2) is 42.2 Å². The van der Waals surface area contributed by atoms with Crippen molar-refractivity contribution >= 4 is 11.9 Å². The van der Waals surface area contributed by atoms with Gasteiger partial charge in [0.2, 0.25) is 5.91 Å². The van der Waals surface area contributed by atoms with Crippen LogP contribution in [0.5, 0.6) is 5.75 Å². The van der Waals surface area contributed by atoms with Crippen LogP contribution < -0.4 is 15.4 Å². The van der Waals surface area contributed by atoms with E-state index in [0.717, 1.165) is 17.7 Å². The fraction of sp³-hybridized carbons (Fsp3) is 0.429. The Hall–Kier alpha value is -2.08. The molecular weight excluding hydrogens is 260 g/mol. The zero-order valence-corrected chi connectivity index (χ0v) is 11.3. The summed E-state index contributed by atoms with van der Waals surface area (Å²) >= 11 is 0. The van der Waals surface area contributed by atoms with Crippen LogP contribution in [0, 0.1) is 0 Å². The van der Waals surface area contributed by atoms with Crippen molar-refractivity contribution < 1.29 is 19.4 Å². The van der Waals surface area contributed by atoms with Gasteiger partial charge in [-0.2, -0.15) is 0 Å². The lowest BCUT2D eigenvalue weighted by atomic mass is 10.1. The van der Waals surface area contributed by atoms with Crippen LogP contribution in [0.2, 0.25) is 0 Å². The number of carbonyl (C=O) groups excluding carboxylic acids is 1. The van der Waals surface area contributed by atoms with Gasteiger partial charge >= 0.3 is 5.97 Å². The maximum atomic E-state index is 11.0. The monoisotopic (exact) mass is 278 g/mol. The Morgan fingerprint density at radius 1 is 1.45 bits per heavy atom. The van der Waals surface area contributed by atoms with E-state index in [1.54, 1.807) is 0 Å². The van der Waals surface area contributed by atoms with Gasteiger partial charge in [-0.25, -0.2) is 4.79 Å². The second-order valence-electron chi connectivity index (χ2n) is 4.80. The van der Waals surface area contributed by atoms with E-state index in [1.807, 2.05) is 24.3 Å². The van der Waals surface area contributed by atoms with E-state index < -0.39 is 12.0 Å². The summed E-state index contributed by atoms with van der Waals surface area (Å²) in [6.45, 7) is 2.01. The summed E-state index contributed by atoms with van der Waals surface area (Å²) in [6, 6.07) is 6.91. The average Bonchev–Trinajstić information content (AvgIpc) is 2.79. The van der Waals surface area contributed by atoms with Crippen molar-refractivity contribution in [3.8, 4) is 5.75 Å². The Bertz CT molecular complexity index is 479. The lowest BCUT2D eigenvalue weighted by Crippen LogP contribution is -2.48. The molecule has 0 spiro atoms. The lowest BCUT2D eigenvalue weighted by Gasteiger charge is -2.16. The van der Waals surface area contributed by atoms with Crippen LogP contribution in [0.3, 0.4) is 0 Å². The third-order valence-corrected chi connectivity index (χ3v) is 3.11. The van der Waals surface area contributed by atoms with E-state index in [1.165, 1.54) is 6.92 Å². The number of ether oxygens (including phenoxy) is 1. The highest BCUT2D eigenvalue weighted by molar-refractivity contribution is 5.82. The largest absolute Gasteiger partial charge is 0.488 e. The molecule has 0 aromatic heterocycles. The Morgan fingerprint density at radius 2 is 2.20 bits per heavy atom. The van der Waals surface area contributed by atoms with Crippen LogP contribution in [-0.2, 0) is 16.0 Å². The maximum Gasteiger partial charge on any atom is 0.327 e. The van der Waals surface area contributed by atoms with Gasteiger partial charge in [-0.15, -0.1) is 0 Å². The molecular formula is C14H18N2O4. The summed E-state index contributed by atoms with van der Waals surface area (Å²) in [6.07, 6.45) is 0.806. The standard InChI is InChI=1S/C14H18N2O4/c1-9(17)16-12(14(18)19)8-15-7-11-6-10-4-2-3-5-13(10)20-11/h2-5,11-12,15H,6-8H2,1H3,(H,16,17)(H,18,19). The summed E-state index contributed by atoms with van der Waals surface area (Å²) in [5, 5.41) is 14.4. The fourth-order valence-electron chi connectivity index (χ4n) is 2.20. The number of carboxylic acid groups (broad SMARTS) is 1. The maximum absolute atomic E-state index is 11.0. The van der Waals surface area contributed by atoms with Gasteiger partial charge in [0.05, 0.1) is 0 Å². The number of para-hydroxylation sites is 1. The first-order chi connectivity index (χ1) is 9.56. The number of fused-ring (bicyclic) bond motifs is 1. The number of aliphatic carboxylic acids is 1. The predicted molar refractivity (Wildman–Crippen MR) is 72.7 cm³/mol. The molecule has 0 bridgehead atoms. The molecule has 1 amide bonds. The van der Waals surface area contributed by atoms with Crippen molar-refractivity contribution in [3.63, 3.8) is 0 Å². The minimum atomic E-state index is -1.05. The lowest BCUT2D eigenvalue weighted by molar-refractivity contribution is -0.141. The highest BCUT2D eigenvalue weighted by Crippen LogP contribution is 2.27. The van der Waals surface area contributed by atoms with E-state index in [2.05, 4.69) is 10.6 Å². The first-order valence-electron chi connectivity index (χ1n) is 6.51. The summed E-state index contributed by atoms with van der Waals surface area (Å²) in [7, 11) is 0. The second kappa shape index (κ2) is 6.38. The van der Waals surface area contributed by atoms with Crippen LogP contribution in [0.4, 0.5) is 0 Å². The zero-order chi connectivity index (χ0) is 14.5. The Balaban J connectivity index is 1.77. The van der Waals surface area contributed by atoms with Gasteiger partial charge in [0.25, 0.3) is 0 Å². The second-order valence-corrected chi connectivity index (χ2v) is 4.80. The molecule has 1 aliphatic heterocycles. The summed E-state index contributed by atoms with van der Waals surface area (Å²) in [5.41, 5.74) is 1.16. The van der Waals surface area contributed by atoms with E-state index in [9.17, 15) is 9.59 Å². The molecule has 2 unspecified atom stereocenters. The minimum absolute atomic E-state index is 0.000766. The van der Waals surface area contributed by atoms with E-state index in [-0.39, 0.29) is 18.6 Å². The molecule has 1 heterocycles. The van der Waals surface area contributed by atoms with Gasteiger partial charge in [0.15, 0.2) is 0 Å². The van der Waals surface area contributed by atoms with Gasteiger partial charge < -0.3 is 20.5 Å². The quantitative estimate of drug-likeness (QED) is 0.690. The molecule has 1 aromatic rings. The van der Waals surface area contributed by atoms with Gasteiger partial charge in [0.1, 0.15) is 17.9 Å². The Labute approximate surface area is 117 Å². The molecule has 6 nitrogen and oxygen atoms in total. The van der Waals surface area contributed by atoms with Crippen molar-refractivity contribution in [2.24, 2.45) is 0 Å². The normalized spacial score (nSPS) is 17.9. The highest BCUT2D eigenvalue weighted by atomic mass is 16.5. The first kappa shape index (κ1) is 14.3. The van der Waals surface area contributed by atoms with Gasteiger partial charge in [-0.05, 0) is 11.6 Å². The molecule has 0 fully saturated rings.